The highest BCUT2D eigenvalue weighted by molar-refractivity contribution is 7.89. The lowest BCUT2D eigenvalue weighted by atomic mass is 9.93. The molecule has 8 nitrogen and oxygen atoms in total. The van der Waals surface area contributed by atoms with Crippen LogP contribution < -0.4 is 20.3 Å². The van der Waals surface area contributed by atoms with E-state index < -0.39 is 15.6 Å². The molecule has 1 aromatic heterocycles. The Morgan fingerprint density at radius 1 is 1.06 bits per heavy atom. The molecule has 194 valence electrons. The van der Waals surface area contributed by atoms with Gasteiger partial charge in [0.1, 0.15) is 11.6 Å². The van der Waals surface area contributed by atoms with E-state index in [1.165, 1.54) is 31.4 Å². The van der Waals surface area contributed by atoms with Crippen LogP contribution in [-0.4, -0.2) is 44.0 Å². The molecule has 2 aliphatic carbocycles. The topological polar surface area (TPSA) is 103 Å². The molecule has 0 radical (unpaired) electrons. The van der Waals surface area contributed by atoms with Gasteiger partial charge in [-0.1, -0.05) is 6.07 Å². The van der Waals surface area contributed by atoms with Crippen molar-refractivity contribution in [2.75, 3.05) is 28.6 Å². The van der Waals surface area contributed by atoms with Crippen LogP contribution >= 0.6 is 0 Å². The molecular formula is C27H37N5O3S. The van der Waals surface area contributed by atoms with E-state index in [9.17, 15) is 13.2 Å². The van der Waals surface area contributed by atoms with Gasteiger partial charge in [-0.3, -0.25) is 4.79 Å². The average molecular weight is 512 g/mol. The molecule has 0 atom stereocenters. The van der Waals surface area contributed by atoms with Crippen molar-refractivity contribution < 1.29 is 13.2 Å². The number of pyridine rings is 1. The van der Waals surface area contributed by atoms with Gasteiger partial charge in [-0.05, 0) is 101 Å². The first kappa shape index (κ1) is 25.0. The SMILES string of the molecule is CC(C)(C)NS(=O)(=O)c1cccc(NC(=O)c2ccc(NC3CCC3)nc2N2CCC3(CC2)CC3)c1. The van der Waals surface area contributed by atoms with E-state index in [0.717, 1.165) is 44.6 Å². The Morgan fingerprint density at radius 2 is 1.78 bits per heavy atom. The second-order valence-corrected chi connectivity index (χ2v) is 13.3. The smallest absolute Gasteiger partial charge is 0.259 e. The van der Waals surface area contributed by atoms with Crippen molar-refractivity contribution in [3.8, 4) is 0 Å². The van der Waals surface area contributed by atoms with Gasteiger partial charge in [-0.15, -0.1) is 0 Å². The third kappa shape index (κ3) is 5.67. The Kier molecular flexibility index (Phi) is 6.49. The summed E-state index contributed by atoms with van der Waals surface area (Å²) in [5, 5.41) is 6.41. The number of nitrogens with zero attached hydrogens (tertiary/aromatic N) is 2. The summed E-state index contributed by atoms with van der Waals surface area (Å²) in [6.07, 6.45) is 8.43. The van der Waals surface area contributed by atoms with Crippen molar-refractivity contribution in [2.24, 2.45) is 5.41 Å². The molecule has 1 amide bonds. The summed E-state index contributed by atoms with van der Waals surface area (Å²) in [5.41, 5.74) is 0.840. The Hall–Kier alpha value is -2.65. The van der Waals surface area contributed by atoms with Crippen molar-refractivity contribution >= 4 is 33.3 Å². The third-order valence-corrected chi connectivity index (χ3v) is 9.26. The highest BCUT2D eigenvalue weighted by atomic mass is 32.2. The predicted octanol–water partition coefficient (Wildman–Crippen LogP) is 4.76. The number of piperidine rings is 1. The van der Waals surface area contributed by atoms with E-state index in [1.807, 2.05) is 12.1 Å². The lowest BCUT2D eigenvalue weighted by molar-refractivity contribution is 0.102. The fraction of sp³-hybridized carbons (Fsp3) is 0.556. The van der Waals surface area contributed by atoms with Gasteiger partial charge in [-0.25, -0.2) is 18.1 Å². The molecule has 2 heterocycles. The van der Waals surface area contributed by atoms with E-state index in [0.29, 0.717) is 28.5 Å². The van der Waals surface area contributed by atoms with Gasteiger partial charge in [0.05, 0.1) is 10.5 Å². The van der Waals surface area contributed by atoms with E-state index in [-0.39, 0.29) is 10.8 Å². The molecule has 2 aromatic rings. The largest absolute Gasteiger partial charge is 0.367 e. The van der Waals surface area contributed by atoms with Gasteiger partial charge in [-0.2, -0.15) is 0 Å². The maximum atomic E-state index is 13.4. The van der Waals surface area contributed by atoms with Crippen LogP contribution in [0.4, 0.5) is 17.3 Å². The maximum Gasteiger partial charge on any atom is 0.259 e. The molecule has 3 aliphatic rings. The van der Waals surface area contributed by atoms with Crippen LogP contribution in [0.3, 0.4) is 0 Å². The van der Waals surface area contributed by atoms with Crippen LogP contribution in [0.25, 0.3) is 0 Å². The zero-order valence-corrected chi connectivity index (χ0v) is 22.2. The zero-order valence-electron chi connectivity index (χ0n) is 21.4. The summed E-state index contributed by atoms with van der Waals surface area (Å²) in [7, 11) is -3.72. The van der Waals surface area contributed by atoms with Gasteiger partial charge >= 0.3 is 0 Å². The quantitative estimate of drug-likeness (QED) is 0.495. The monoisotopic (exact) mass is 511 g/mol. The molecule has 5 rings (SSSR count). The van der Waals surface area contributed by atoms with Crippen LogP contribution in [0.1, 0.15) is 76.1 Å². The van der Waals surface area contributed by atoms with Gasteiger partial charge < -0.3 is 15.5 Å². The molecule has 0 bridgehead atoms. The average Bonchev–Trinajstić information content (AvgIpc) is 3.54. The van der Waals surface area contributed by atoms with Crippen molar-refractivity contribution in [3.05, 3.63) is 42.0 Å². The minimum atomic E-state index is -3.72. The number of carbonyl (C=O) groups excluding carboxylic acids is 1. The first-order chi connectivity index (χ1) is 17.0. The van der Waals surface area contributed by atoms with Crippen LogP contribution in [0, 0.1) is 5.41 Å². The van der Waals surface area contributed by atoms with Crippen molar-refractivity contribution in [2.45, 2.75) is 82.2 Å². The molecule has 1 spiro atoms. The number of hydrogen-bond donors (Lipinski definition) is 3. The fourth-order valence-electron chi connectivity index (χ4n) is 4.98. The number of aromatic nitrogens is 1. The predicted molar refractivity (Wildman–Crippen MR) is 143 cm³/mol. The van der Waals surface area contributed by atoms with Crippen molar-refractivity contribution in [1.29, 1.82) is 0 Å². The molecular weight excluding hydrogens is 474 g/mol. The van der Waals surface area contributed by atoms with E-state index in [2.05, 4.69) is 20.3 Å². The Morgan fingerprint density at radius 3 is 2.39 bits per heavy atom. The molecule has 2 saturated carbocycles. The molecule has 3 N–H and O–H groups in total. The number of sulfonamides is 1. The first-order valence-electron chi connectivity index (χ1n) is 13.0. The van der Waals surface area contributed by atoms with Gasteiger partial charge in [0.25, 0.3) is 5.91 Å². The number of rotatable bonds is 7. The van der Waals surface area contributed by atoms with Crippen LogP contribution in [0.15, 0.2) is 41.3 Å². The number of anilines is 3. The minimum Gasteiger partial charge on any atom is -0.367 e. The summed E-state index contributed by atoms with van der Waals surface area (Å²) in [6.45, 7) is 7.16. The summed E-state index contributed by atoms with van der Waals surface area (Å²) >= 11 is 0. The lowest BCUT2D eigenvalue weighted by Gasteiger charge is -2.34. The number of carbonyl (C=O) groups is 1. The minimum absolute atomic E-state index is 0.111. The molecule has 3 fully saturated rings. The Bertz CT molecular complexity index is 1240. The second-order valence-electron chi connectivity index (χ2n) is 11.7. The van der Waals surface area contributed by atoms with Crippen LogP contribution in [0.5, 0.6) is 0 Å². The highest BCUT2D eigenvalue weighted by Crippen LogP contribution is 2.54. The van der Waals surface area contributed by atoms with Gasteiger partial charge in [0.2, 0.25) is 10.0 Å². The summed E-state index contributed by atoms with van der Waals surface area (Å²) in [5.74, 6) is 1.21. The van der Waals surface area contributed by atoms with E-state index >= 15 is 0 Å². The lowest BCUT2D eigenvalue weighted by Crippen LogP contribution is -2.40. The maximum absolute atomic E-state index is 13.4. The van der Waals surface area contributed by atoms with Crippen molar-refractivity contribution in [3.63, 3.8) is 0 Å². The molecule has 1 saturated heterocycles. The normalized spacial score (nSPS) is 19.6. The third-order valence-electron chi connectivity index (χ3n) is 7.50. The van der Waals surface area contributed by atoms with Crippen LogP contribution in [-0.2, 0) is 10.0 Å². The second kappa shape index (κ2) is 9.34. The summed E-state index contributed by atoms with van der Waals surface area (Å²) in [6, 6.07) is 10.5. The standard InChI is InChI=1S/C27H37N5O3S/c1-26(2,3)31-36(34,35)21-9-5-8-20(18-21)29-25(33)22-10-11-23(28-19-6-4-7-19)30-24(22)32-16-14-27(12-13-27)15-17-32/h5,8-11,18-19,31H,4,6-7,12-17H2,1-3H3,(H,28,30)(H,29,33). The van der Waals surface area contributed by atoms with Gasteiger partial charge in [0, 0.05) is 30.4 Å². The molecule has 36 heavy (non-hydrogen) atoms. The number of benzene rings is 1. The van der Waals surface area contributed by atoms with E-state index in [4.69, 9.17) is 4.98 Å². The van der Waals surface area contributed by atoms with Crippen molar-refractivity contribution in [1.82, 2.24) is 9.71 Å². The fourth-order valence-corrected chi connectivity index (χ4v) is 6.44. The Balaban J connectivity index is 1.38. The molecule has 9 heteroatoms. The zero-order chi connectivity index (χ0) is 25.6. The van der Waals surface area contributed by atoms with E-state index in [1.54, 1.807) is 32.9 Å². The molecule has 0 unspecified atom stereocenters. The number of nitrogens with one attached hydrogen (secondary N) is 3. The number of amides is 1. The molecule has 1 aromatic carbocycles. The highest BCUT2D eigenvalue weighted by Gasteiger charge is 2.45. The summed E-state index contributed by atoms with van der Waals surface area (Å²) < 4.78 is 28.2. The molecule has 1 aliphatic heterocycles. The Labute approximate surface area is 214 Å². The van der Waals surface area contributed by atoms with Crippen LogP contribution in [0.2, 0.25) is 0 Å². The first-order valence-corrected chi connectivity index (χ1v) is 14.5. The van der Waals surface area contributed by atoms with Gasteiger partial charge in [0.15, 0.2) is 0 Å². The number of hydrogen-bond acceptors (Lipinski definition) is 6. The summed E-state index contributed by atoms with van der Waals surface area (Å²) in [4.78, 5) is 20.7.